The zero-order valence-electron chi connectivity index (χ0n) is 8.36. The van der Waals surface area contributed by atoms with Crippen LogP contribution < -0.4 is 4.74 Å². The average molecular weight is 201 g/mol. The molecule has 0 saturated carbocycles. The SMILES string of the molecule is COc1ccc2[nH]cc(/C=C/C=O)c2c1. The van der Waals surface area contributed by atoms with E-state index in [1.54, 1.807) is 13.2 Å². The highest BCUT2D eigenvalue weighted by atomic mass is 16.5. The van der Waals surface area contributed by atoms with Gasteiger partial charge in [0.1, 0.15) is 12.0 Å². The van der Waals surface area contributed by atoms with Gasteiger partial charge in [-0.05, 0) is 35.9 Å². The first-order valence-electron chi connectivity index (χ1n) is 4.62. The van der Waals surface area contributed by atoms with E-state index in [1.165, 1.54) is 6.08 Å². The maximum Gasteiger partial charge on any atom is 0.142 e. The lowest BCUT2D eigenvalue weighted by Crippen LogP contribution is -1.81. The number of aromatic nitrogens is 1. The molecule has 15 heavy (non-hydrogen) atoms. The summed E-state index contributed by atoms with van der Waals surface area (Å²) in [6.45, 7) is 0. The number of rotatable bonds is 3. The minimum absolute atomic E-state index is 0.763. The molecule has 0 unspecified atom stereocenters. The van der Waals surface area contributed by atoms with E-state index >= 15 is 0 Å². The van der Waals surface area contributed by atoms with Gasteiger partial charge in [0.15, 0.2) is 0 Å². The number of allylic oxidation sites excluding steroid dienone is 1. The minimum Gasteiger partial charge on any atom is -0.497 e. The van der Waals surface area contributed by atoms with Gasteiger partial charge >= 0.3 is 0 Å². The molecule has 0 atom stereocenters. The van der Waals surface area contributed by atoms with Crippen molar-refractivity contribution in [1.82, 2.24) is 4.98 Å². The molecule has 3 nitrogen and oxygen atoms in total. The summed E-state index contributed by atoms with van der Waals surface area (Å²) >= 11 is 0. The minimum atomic E-state index is 0.763. The fourth-order valence-corrected chi connectivity index (χ4v) is 1.53. The molecule has 3 heteroatoms. The summed E-state index contributed by atoms with van der Waals surface area (Å²) in [6.07, 6.45) is 5.87. The lowest BCUT2D eigenvalue weighted by Gasteiger charge is -1.99. The number of methoxy groups -OCH3 is 1. The summed E-state index contributed by atoms with van der Waals surface area (Å²) in [5.41, 5.74) is 2.01. The van der Waals surface area contributed by atoms with E-state index in [4.69, 9.17) is 4.74 Å². The molecule has 1 heterocycles. The number of H-pyrrole nitrogens is 1. The van der Waals surface area contributed by atoms with Gasteiger partial charge in [0.25, 0.3) is 0 Å². The first-order chi connectivity index (χ1) is 7.35. The molecule has 0 fully saturated rings. The molecule has 1 aromatic carbocycles. The van der Waals surface area contributed by atoms with Crippen molar-refractivity contribution in [2.24, 2.45) is 0 Å². The summed E-state index contributed by atoms with van der Waals surface area (Å²) in [5, 5.41) is 1.05. The second kappa shape index (κ2) is 4.00. The highest BCUT2D eigenvalue weighted by molar-refractivity contribution is 5.91. The summed E-state index contributed by atoms with van der Waals surface area (Å²) < 4.78 is 5.14. The van der Waals surface area contributed by atoms with Crippen molar-refractivity contribution in [2.75, 3.05) is 7.11 Å². The number of carbonyl (C=O) groups excluding carboxylic acids is 1. The van der Waals surface area contributed by atoms with Crippen molar-refractivity contribution in [3.8, 4) is 5.75 Å². The number of ether oxygens (including phenoxy) is 1. The molecule has 0 aliphatic rings. The first-order valence-corrected chi connectivity index (χ1v) is 4.62. The molecule has 2 rings (SSSR count). The maximum absolute atomic E-state index is 10.2. The maximum atomic E-state index is 10.2. The quantitative estimate of drug-likeness (QED) is 0.612. The zero-order chi connectivity index (χ0) is 10.7. The third-order valence-electron chi connectivity index (χ3n) is 2.28. The molecule has 1 N–H and O–H groups in total. The number of hydrogen-bond acceptors (Lipinski definition) is 2. The molecule has 0 spiro atoms. The molecule has 0 saturated heterocycles. The Morgan fingerprint density at radius 2 is 2.27 bits per heavy atom. The number of aldehydes is 1. The van der Waals surface area contributed by atoms with E-state index in [9.17, 15) is 4.79 Å². The topological polar surface area (TPSA) is 42.1 Å². The standard InChI is InChI=1S/C12H11NO2/c1-15-10-4-5-12-11(7-10)9(8-13-12)3-2-6-14/h2-8,13H,1H3/b3-2+. The van der Waals surface area contributed by atoms with E-state index in [0.29, 0.717) is 0 Å². The van der Waals surface area contributed by atoms with Crippen LogP contribution in [0.4, 0.5) is 0 Å². The van der Waals surface area contributed by atoms with Crippen LogP contribution >= 0.6 is 0 Å². The monoisotopic (exact) mass is 201 g/mol. The largest absolute Gasteiger partial charge is 0.497 e. The van der Waals surface area contributed by atoms with Crippen molar-refractivity contribution >= 4 is 23.3 Å². The molecular formula is C12H11NO2. The lowest BCUT2D eigenvalue weighted by atomic mass is 10.1. The molecule has 0 radical (unpaired) electrons. The fourth-order valence-electron chi connectivity index (χ4n) is 1.53. The van der Waals surface area contributed by atoms with Crippen molar-refractivity contribution in [3.05, 3.63) is 36.0 Å². The Hall–Kier alpha value is -2.03. The van der Waals surface area contributed by atoms with Crippen LogP contribution in [0.2, 0.25) is 0 Å². The predicted octanol–water partition coefficient (Wildman–Crippen LogP) is 2.39. The van der Waals surface area contributed by atoms with Gasteiger partial charge in [-0.3, -0.25) is 4.79 Å². The van der Waals surface area contributed by atoms with Gasteiger partial charge in [-0.15, -0.1) is 0 Å². The highest BCUT2D eigenvalue weighted by Gasteiger charge is 2.01. The van der Waals surface area contributed by atoms with Crippen LogP contribution in [0.5, 0.6) is 5.75 Å². The fraction of sp³-hybridized carbons (Fsp3) is 0.0833. The first kappa shape index (κ1) is 9.52. The number of benzene rings is 1. The molecule has 76 valence electrons. The van der Waals surface area contributed by atoms with Crippen LogP contribution in [0, 0.1) is 0 Å². The summed E-state index contributed by atoms with van der Waals surface area (Å²) in [6, 6.07) is 5.79. The normalized spacial score (nSPS) is 11.0. The molecule has 2 aromatic rings. The number of carbonyl (C=O) groups is 1. The Balaban J connectivity index is 2.55. The van der Waals surface area contributed by atoms with Gasteiger partial charge in [-0.1, -0.05) is 0 Å². The van der Waals surface area contributed by atoms with Gasteiger partial charge in [0, 0.05) is 17.1 Å². The van der Waals surface area contributed by atoms with Crippen LogP contribution in [0.25, 0.3) is 17.0 Å². The average Bonchev–Trinajstić information content (AvgIpc) is 2.68. The second-order valence-electron chi connectivity index (χ2n) is 3.15. The Kier molecular flexibility index (Phi) is 2.54. The Morgan fingerprint density at radius 1 is 1.40 bits per heavy atom. The van der Waals surface area contributed by atoms with E-state index < -0.39 is 0 Å². The number of fused-ring (bicyclic) bond motifs is 1. The second-order valence-corrected chi connectivity index (χ2v) is 3.15. The van der Waals surface area contributed by atoms with Crippen LogP contribution in [0.15, 0.2) is 30.5 Å². The van der Waals surface area contributed by atoms with E-state index in [0.717, 1.165) is 28.5 Å². The summed E-state index contributed by atoms with van der Waals surface area (Å²) in [4.78, 5) is 13.4. The van der Waals surface area contributed by atoms with Crippen LogP contribution in [-0.2, 0) is 4.79 Å². The number of nitrogens with one attached hydrogen (secondary N) is 1. The van der Waals surface area contributed by atoms with Gasteiger partial charge in [0.05, 0.1) is 7.11 Å². The molecule has 0 bridgehead atoms. The van der Waals surface area contributed by atoms with Gasteiger partial charge in [0.2, 0.25) is 0 Å². The molecule has 0 aliphatic carbocycles. The van der Waals surface area contributed by atoms with Gasteiger partial charge < -0.3 is 9.72 Å². The third-order valence-corrected chi connectivity index (χ3v) is 2.28. The molecule has 1 aromatic heterocycles. The highest BCUT2D eigenvalue weighted by Crippen LogP contribution is 2.24. The number of hydrogen-bond donors (Lipinski definition) is 1. The van der Waals surface area contributed by atoms with Crippen LogP contribution in [0.1, 0.15) is 5.56 Å². The van der Waals surface area contributed by atoms with E-state index in [-0.39, 0.29) is 0 Å². The smallest absolute Gasteiger partial charge is 0.142 e. The van der Waals surface area contributed by atoms with Gasteiger partial charge in [-0.25, -0.2) is 0 Å². The van der Waals surface area contributed by atoms with Crippen molar-refractivity contribution in [1.29, 1.82) is 0 Å². The van der Waals surface area contributed by atoms with Crippen LogP contribution in [-0.4, -0.2) is 18.4 Å². The Morgan fingerprint density at radius 3 is 3.00 bits per heavy atom. The number of aromatic amines is 1. The van der Waals surface area contributed by atoms with E-state index in [1.807, 2.05) is 24.4 Å². The molecule has 0 amide bonds. The lowest BCUT2D eigenvalue weighted by molar-refractivity contribution is -0.104. The van der Waals surface area contributed by atoms with Crippen molar-refractivity contribution in [3.63, 3.8) is 0 Å². The predicted molar refractivity (Wildman–Crippen MR) is 59.9 cm³/mol. The van der Waals surface area contributed by atoms with E-state index in [2.05, 4.69) is 4.98 Å². The Bertz CT molecular complexity index is 511. The third kappa shape index (κ3) is 1.76. The van der Waals surface area contributed by atoms with Crippen molar-refractivity contribution < 1.29 is 9.53 Å². The zero-order valence-corrected chi connectivity index (χ0v) is 8.36. The molecule has 0 aliphatic heterocycles. The Labute approximate surface area is 87.4 Å². The summed E-state index contributed by atoms with van der Waals surface area (Å²) in [7, 11) is 1.63. The van der Waals surface area contributed by atoms with Gasteiger partial charge in [-0.2, -0.15) is 0 Å². The van der Waals surface area contributed by atoms with Crippen LogP contribution in [0.3, 0.4) is 0 Å². The summed E-state index contributed by atoms with van der Waals surface area (Å²) in [5.74, 6) is 0.808. The molecular weight excluding hydrogens is 190 g/mol. The van der Waals surface area contributed by atoms with Crippen molar-refractivity contribution in [2.45, 2.75) is 0 Å².